The number of nitriles is 1. The summed E-state index contributed by atoms with van der Waals surface area (Å²) >= 11 is 1.86. The summed E-state index contributed by atoms with van der Waals surface area (Å²) < 4.78 is 12.4. The first-order chi connectivity index (χ1) is 14.5. The fourth-order valence-electron chi connectivity index (χ4n) is 3.68. The number of benzene rings is 3. The number of methoxy groups -OCH3 is 1. The molecular weight excluding hydrogens is 493 g/mol. The average molecular weight is 511 g/mol. The van der Waals surface area contributed by atoms with Crippen LogP contribution in [0.4, 0.5) is 0 Å². The van der Waals surface area contributed by atoms with E-state index in [-0.39, 0.29) is 5.56 Å². The van der Waals surface area contributed by atoms with Crippen LogP contribution in [-0.2, 0) is 6.54 Å². The van der Waals surface area contributed by atoms with E-state index in [0.29, 0.717) is 23.6 Å². The summed E-state index contributed by atoms with van der Waals surface area (Å²) in [7, 11) is 1.62. The smallest absolute Gasteiger partial charge is 0.254 e. The third-order valence-corrected chi connectivity index (χ3v) is 5.49. The van der Waals surface area contributed by atoms with Crippen molar-refractivity contribution in [2.45, 2.75) is 10.7 Å². The van der Waals surface area contributed by atoms with Crippen LogP contribution in [0.15, 0.2) is 60.7 Å². The second-order valence-electron chi connectivity index (χ2n) is 6.72. The number of rotatable bonds is 6. The third-order valence-electron chi connectivity index (χ3n) is 4.96. The first-order valence-corrected chi connectivity index (χ1v) is 10.4. The third kappa shape index (κ3) is 3.55. The number of halogens is 1. The molecule has 1 amide bonds. The zero-order valence-corrected chi connectivity index (χ0v) is 18.3. The molecule has 6 nitrogen and oxygen atoms in total. The Morgan fingerprint density at radius 3 is 2.57 bits per heavy atom. The molecule has 1 aromatic heterocycles. The van der Waals surface area contributed by atoms with Crippen LogP contribution >= 0.6 is 22.6 Å². The van der Waals surface area contributed by atoms with Gasteiger partial charge in [0.1, 0.15) is 23.1 Å². The van der Waals surface area contributed by atoms with Gasteiger partial charge in [-0.15, -0.1) is 0 Å². The van der Waals surface area contributed by atoms with Crippen molar-refractivity contribution in [3.63, 3.8) is 0 Å². The lowest BCUT2D eigenvalue weighted by Gasteiger charge is -2.14. The molecule has 4 aromatic rings. The van der Waals surface area contributed by atoms with Gasteiger partial charge in [0.15, 0.2) is 0 Å². The summed E-state index contributed by atoms with van der Waals surface area (Å²) in [6.07, 6.45) is 0. The number of alkyl halides is 1. The number of primary amides is 1. The van der Waals surface area contributed by atoms with Crippen molar-refractivity contribution >= 4 is 50.3 Å². The molecule has 0 saturated heterocycles. The second kappa shape index (κ2) is 8.24. The molecule has 3 aromatic carbocycles. The van der Waals surface area contributed by atoms with Crippen LogP contribution in [0.25, 0.3) is 21.8 Å². The van der Waals surface area contributed by atoms with Gasteiger partial charge in [-0.3, -0.25) is 4.79 Å². The first-order valence-electron chi connectivity index (χ1n) is 9.20. The Morgan fingerprint density at radius 1 is 1.17 bits per heavy atom. The molecule has 0 fully saturated rings. The maximum Gasteiger partial charge on any atom is 0.254 e. The van der Waals surface area contributed by atoms with Crippen molar-refractivity contribution in [2.24, 2.45) is 5.73 Å². The molecule has 0 aliphatic rings. The lowest BCUT2D eigenvalue weighted by Crippen LogP contribution is -2.17. The van der Waals surface area contributed by atoms with Crippen LogP contribution in [0.3, 0.4) is 0 Å². The van der Waals surface area contributed by atoms with Gasteiger partial charge in [0, 0.05) is 23.4 Å². The molecular formula is C23H18IN3O3. The number of ether oxygens (including phenoxy) is 2. The minimum absolute atomic E-state index is 0.260. The monoisotopic (exact) mass is 511 g/mol. The average Bonchev–Trinajstić information content (AvgIpc) is 3.06. The number of carbonyl (C=O) groups excluding carboxylic acids is 1. The SMILES string of the molecule is COc1ccc2c3ccc(OC(I)C#N)c(C(N)=O)c3n(Cc3ccccc3)c2c1. The molecule has 2 N–H and O–H groups in total. The number of hydrogen-bond acceptors (Lipinski definition) is 4. The maximum atomic E-state index is 12.5. The number of amides is 1. The van der Waals surface area contributed by atoms with E-state index in [2.05, 4.69) is 0 Å². The van der Waals surface area contributed by atoms with E-state index >= 15 is 0 Å². The van der Waals surface area contributed by atoms with Crippen molar-refractivity contribution in [3.8, 4) is 17.6 Å². The van der Waals surface area contributed by atoms with Gasteiger partial charge in [-0.25, -0.2) is 0 Å². The van der Waals surface area contributed by atoms with Crippen LogP contribution < -0.4 is 15.2 Å². The van der Waals surface area contributed by atoms with Gasteiger partial charge >= 0.3 is 0 Å². The van der Waals surface area contributed by atoms with Crippen molar-refractivity contribution in [3.05, 3.63) is 71.8 Å². The molecule has 0 bridgehead atoms. The molecule has 30 heavy (non-hydrogen) atoms. The standard InChI is InChI=1S/C23H18IN3O3/c1-29-15-7-8-16-17-9-10-19(30-20(24)12-25)21(23(26)28)22(17)27(18(16)11-15)13-14-5-3-2-4-6-14/h2-11,20H,13H2,1H3,(H2,26,28). The van der Waals surface area contributed by atoms with E-state index in [1.165, 1.54) is 0 Å². The Labute approximate surface area is 186 Å². The van der Waals surface area contributed by atoms with Gasteiger partial charge in [-0.2, -0.15) is 5.26 Å². The summed E-state index contributed by atoms with van der Waals surface area (Å²) in [5.41, 5.74) is 8.72. The van der Waals surface area contributed by atoms with Crippen LogP contribution in [0.1, 0.15) is 15.9 Å². The van der Waals surface area contributed by atoms with E-state index in [1.807, 2.05) is 87.8 Å². The number of carbonyl (C=O) groups is 1. The predicted molar refractivity (Wildman–Crippen MR) is 124 cm³/mol. The molecule has 7 heteroatoms. The van der Waals surface area contributed by atoms with Gasteiger partial charge in [0.2, 0.25) is 4.11 Å². The van der Waals surface area contributed by atoms with E-state index < -0.39 is 10.0 Å². The van der Waals surface area contributed by atoms with Gasteiger partial charge in [-0.05, 0) is 52.4 Å². The zero-order valence-electron chi connectivity index (χ0n) is 16.1. The van der Waals surface area contributed by atoms with E-state index in [0.717, 1.165) is 21.9 Å². The Bertz CT molecular complexity index is 1290. The van der Waals surface area contributed by atoms with Crippen LogP contribution in [0.2, 0.25) is 0 Å². The number of nitrogens with zero attached hydrogens (tertiary/aromatic N) is 2. The minimum atomic E-state index is -0.745. The fraction of sp³-hybridized carbons (Fsp3) is 0.130. The van der Waals surface area contributed by atoms with Crippen LogP contribution in [0, 0.1) is 11.3 Å². The highest BCUT2D eigenvalue weighted by Crippen LogP contribution is 2.38. The second-order valence-corrected chi connectivity index (χ2v) is 7.85. The number of nitrogens with two attached hydrogens (primary N) is 1. The van der Waals surface area contributed by atoms with Crippen molar-refractivity contribution in [1.82, 2.24) is 4.57 Å². The molecule has 4 rings (SSSR count). The fourth-order valence-corrected chi connectivity index (χ4v) is 3.96. The van der Waals surface area contributed by atoms with Crippen LogP contribution in [0.5, 0.6) is 11.5 Å². The molecule has 0 radical (unpaired) electrons. The lowest BCUT2D eigenvalue weighted by molar-refractivity contribution is 0.0998. The molecule has 0 aliphatic carbocycles. The zero-order chi connectivity index (χ0) is 21.3. The summed E-state index contributed by atoms with van der Waals surface area (Å²) in [4.78, 5) is 12.5. The Morgan fingerprint density at radius 2 is 1.90 bits per heavy atom. The van der Waals surface area contributed by atoms with E-state index in [1.54, 1.807) is 13.2 Å². The number of fused-ring (bicyclic) bond motifs is 3. The predicted octanol–water partition coefficient (Wildman–Crippen LogP) is 4.61. The Kier molecular flexibility index (Phi) is 5.50. The van der Waals surface area contributed by atoms with Crippen molar-refractivity contribution in [2.75, 3.05) is 7.11 Å². The topological polar surface area (TPSA) is 90.3 Å². The maximum absolute atomic E-state index is 12.5. The van der Waals surface area contributed by atoms with Gasteiger partial charge in [-0.1, -0.05) is 30.3 Å². The van der Waals surface area contributed by atoms with Gasteiger partial charge in [0.25, 0.3) is 5.91 Å². The highest BCUT2D eigenvalue weighted by atomic mass is 127. The molecule has 1 unspecified atom stereocenters. The summed E-state index contributed by atoms with van der Waals surface area (Å²) in [5, 5.41) is 11.0. The molecule has 0 saturated carbocycles. The minimum Gasteiger partial charge on any atom is -0.497 e. The van der Waals surface area contributed by atoms with E-state index in [9.17, 15) is 4.79 Å². The largest absolute Gasteiger partial charge is 0.497 e. The Hall–Kier alpha value is -3.25. The first kappa shape index (κ1) is 20.0. The molecule has 1 atom stereocenters. The summed E-state index contributed by atoms with van der Waals surface area (Å²) in [5.74, 6) is 0.398. The molecule has 0 aliphatic heterocycles. The lowest BCUT2D eigenvalue weighted by atomic mass is 10.1. The highest BCUT2D eigenvalue weighted by molar-refractivity contribution is 14.1. The molecule has 0 spiro atoms. The van der Waals surface area contributed by atoms with Crippen LogP contribution in [-0.4, -0.2) is 21.7 Å². The normalized spacial score (nSPS) is 11.9. The van der Waals surface area contributed by atoms with Gasteiger partial charge < -0.3 is 19.8 Å². The summed E-state index contributed by atoms with van der Waals surface area (Å²) in [6, 6.07) is 21.4. The van der Waals surface area contributed by atoms with Crippen molar-refractivity contribution < 1.29 is 14.3 Å². The number of hydrogen-bond donors (Lipinski definition) is 1. The Balaban J connectivity index is 2.07. The molecule has 1 heterocycles. The quantitative estimate of drug-likeness (QED) is 0.302. The highest BCUT2D eigenvalue weighted by Gasteiger charge is 2.23. The van der Waals surface area contributed by atoms with Crippen molar-refractivity contribution in [1.29, 1.82) is 5.26 Å². The molecule has 150 valence electrons. The summed E-state index contributed by atoms with van der Waals surface area (Å²) in [6.45, 7) is 0.531. The number of aromatic nitrogens is 1. The van der Waals surface area contributed by atoms with E-state index in [4.69, 9.17) is 20.5 Å². The van der Waals surface area contributed by atoms with Gasteiger partial charge in [0.05, 0.1) is 18.1 Å².